The van der Waals surface area contributed by atoms with E-state index in [1.54, 1.807) is 0 Å². The largest absolute Gasteiger partial charge is 0.469 e. The third-order valence-electron chi connectivity index (χ3n) is 3.52. The van der Waals surface area contributed by atoms with Gasteiger partial charge in [0.15, 0.2) is 5.66 Å². The van der Waals surface area contributed by atoms with Crippen molar-refractivity contribution in [3.63, 3.8) is 0 Å². The van der Waals surface area contributed by atoms with Gasteiger partial charge in [-0.3, -0.25) is 9.59 Å². The molecule has 1 aromatic rings. The molecule has 2 rings (SSSR count). The Hall–Kier alpha value is -2.34. The first kappa shape index (κ1) is 18.0. The summed E-state index contributed by atoms with van der Waals surface area (Å²) in [6.45, 7) is 0. The maximum atomic E-state index is 12.0. The summed E-state index contributed by atoms with van der Waals surface area (Å²) in [7, 11) is 1.36. The Labute approximate surface area is 144 Å². The molecule has 0 aromatic carbocycles. The van der Waals surface area contributed by atoms with Gasteiger partial charge in [0.1, 0.15) is 5.01 Å². The number of nitrogens with zero attached hydrogens (tertiary/aromatic N) is 4. The summed E-state index contributed by atoms with van der Waals surface area (Å²) in [6, 6.07) is 0. The van der Waals surface area contributed by atoms with Crippen LogP contribution < -0.4 is 5.32 Å². The minimum atomic E-state index is -0.454. The summed E-state index contributed by atoms with van der Waals surface area (Å²) in [5.74, 6) is 2.16. The molecule has 128 valence electrons. The van der Waals surface area contributed by atoms with Crippen molar-refractivity contribution in [1.29, 1.82) is 0 Å². The molecule has 0 spiro atoms. The number of nitrogens with one attached hydrogen (secondary N) is 1. The van der Waals surface area contributed by atoms with Crippen LogP contribution in [0.25, 0.3) is 0 Å². The van der Waals surface area contributed by atoms with E-state index in [-0.39, 0.29) is 11.9 Å². The fourth-order valence-corrected chi connectivity index (χ4v) is 2.85. The topological polar surface area (TPSA) is 106 Å². The quantitative estimate of drug-likeness (QED) is 0.515. The number of terminal acetylenes is 1. The predicted molar refractivity (Wildman–Crippen MR) is 88.4 cm³/mol. The molecule has 2 heterocycles. The van der Waals surface area contributed by atoms with Gasteiger partial charge in [0, 0.05) is 38.5 Å². The lowest BCUT2D eigenvalue weighted by molar-refractivity contribution is -0.140. The van der Waals surface area contributed by atoms with Crippen LogP contribution in [0.2, 0.25) is 0 Å². The van der Waals surface area contributed by atoms with Crippen molar-refractivity contribution in [1.82, 2.24) is 10.2 Å². The van der Waals surface area contributed by atoms with Crippen LogP contribution in [0.4, 0.5) is 5.13 Å². The van der Waals surface area contributed by atoms with Crippen molar-refractivity contribution >= 4 is 28.3 Å². The van der Waals surface area contributed by atoms with Gasteiger partial charge in [-0.25, -0.2) is 0 Å². The Morgan fingerprint density at radius 3 is 2.75 bits per heavy atom. The number of aromatic nitrogens is 2. The molecule has 1 amide bonds. The second-order valence-electron chi connectivity index (χ2n) is 5.37. The fourth-order valence-electron chi connectivity index (χ4n) is 2.05. The molecule has 0 saturated heterocycles. The molecule has 0 radical (unpaired) electrons. The number of rotatable bonds is 10. The number of carbonyl (C=O) groups is 2. The van der Waals surface area contributed by atoms with E-state index < -0.39 is 5.66 Å². The van der Waals surface area contributed by atoms with E-state index >= 15 is 0 Å². The lowest BCUT2D eigenvalue weighted by Gasteiger charge is -2.07. The molecule has 24 heavy (non-hydrogen) atoms. The number of carbonyl (C=O) groups excluding carboxylic acids is 2. The molecule has 0 unspecified atom stereocenters. The number of ether oxygens (including phenoxy) is 1. The number of aryl methyl sites for hydroxylation is 1. The van der Waals surface area contributed by atoms with E-state index in [4.69, 9.17) is 6.42 Å². The van der Waals surface area contributed by atoms with Gasteiger partial charge in [-0.15, -0.1) is 22.5 Å². The molecule has 9 heteroatoms. The number of amides is 1. The van der Waals surface area contributed by atoms with Gasteiger partial charge >= 0.3 is 5.97 Å². The smallest absolute Gasteiger partial charge is 0.305 e. The minimum absolute atomic E-state index is 0.148. The molecular weight excluding hydrogens is 330 g/mol. The van der Waals surface area contributed by atoms with Gasteiger partial charge in [0.25, 0.3) is 0 Å². The van der Waals surface area contributed by atoms with Crippen molar-refractivity contribution in [2.75, 3.05) is 12.4 Å². The van der Waals surface area contributed by atoms with Crippen molar-refractivity contribution < 1.29 is 14.3 Å². The van der Waals surface area contributed by atoms with Crippen molar-refractivity contribution in [3.8, 4) is 12.3 Å². The zero-order valence-electron chi connectivity index (χ0n) is 13.4. The number of methoxy groups -OCH3 is 1. The Morgan fingerprint density at radius 1 is 1.29 bits per heavy atom. The third kappa shape index (κ3) is 5.70. The van der Waals surface area contributed by atoms with E-state index in [1.807, 2.05) is 0 Å². The van der Waals surface area contributed by atoms with Crippen LogP contribution >= 0.6 is 11.3 Å². The zero-order valence-corrected chi connectivity index (χ0v) is 14.3. The standard InChI is InChI=1S/C15H19N5O3S/c1-3-4-9-15(19-20-15)10-8-11(21)16-14-18-17-12(24-14)6-5-7-13(22)23-2/h1H,4-10H2,2H3,(H,16,18,21). The maximum Gasteiger partial charge on any atom is 0.305 e. The zero-order chi connectivity index (χ0) is 17.4. The van der Waals surface area contributed by atoms with Crippen LogP contribution in [0, 0.1) is 12.3 Å². The Balaban J connectivity index is 1.69. The van der Waals surface area contributed by atoms with Gasteiger partial charge in [-0.05, 0) is 6.42 Å². The minimum Gasteiger partial charge on any atom is -0.469 e. The van der Waals surface area contributed by atoms with Gasteiger partial charge in [0.2, 0.25) is 11.0 Å². The number of anilines is 1. The fraction of sp³-hybridized carbons (Fsp3) is 0.600. The highest BCUT2D eigenvalue weighted by molar-refractivity contribution is 7.15. The molecule has 1 aliphatic rings. The van der Waals surface area contributed by atoms with Crippen LogP contribution in [-0.4, -0.2) is 34.8 Å². The van der Waals surface area contributed by atoms with Gasteiger partial charge in [-0.2, -0.15) is 10.2 Å². The molecule has 0 saturated carbocycles. The molecule has 8 nitrogen and oxygen atoms in total. The second-order valence-corrected chi connectivity index (χ2v) is 6.43. The lowest BCUT2D eigenvalue weighted by atomic mass is 10.0. The van der Waals surface area contributed by atoms with E-state index in [0.29, 0.717) is 50.1 Å². The number of hydrogen-bond acceptors (Lipinski definition) is 8. The van der Waals surface area contributed by atoms with E-state index in [0.717, 1.165) is 5.01 Å². The van der Waals surface area contributed by atoms with Crippen molar-refractivity contribution in [3.05, 3.63) is 5.01 Å². The monoisotopic (exact) mass is 349 g/mol. The maximum absolute atomic E-state index is 12.0. The number of esters is 1. The summed E-state index contributed by atoms with van der Waals surface area (Å²) in [4.78, 5) is 23.0. The average molecular weight is 349 g/mol. The van der Waals surface area contributed by atoms with Gasteiger partial charge in [-0.1, -0.05) is 11.3 Å². The van der Waals surface area contributed by atoms with E-state index in [1.165, 1.54) is 18.4 Å². The van der Waals surface area contributed by atoms with Gasteiger partial charge < -0.3 is 10.1 Å². The Bertz CT molecular complexity index is 658. The first-order valence-corrected chi connectivity index (χ1v) is 8.45. The molecule has 1 aliphatic heterocycles. The lowest BCUT2D eigenvalue weighted by Crippen LogP contribution is -2.17. The summed E-state index contributed by atoms with van der Waals surface area (Å²) < 4.78 is 4.58. The normalized spacial score (nSPS) is 14.0. The summed E-state index contributed by atoms with van der Waals surface area (Å²) in [5, 5.41) is 19.9. The second kappa shape index (κ2) is 8.49. The highest BCUT2D eigenvalue weighted by atomic mass is 32.1. The molecule has 0 aliphatic carbocycles. The molecule has 1 aromatic heterocycles. The molecule has 0 bridgehead atoms. The van der Waals surface area contributed by atoms with Crippen LogP contribution in [0.1, 0.15) is 43.5 Å². The molecule has 0 atom stereocenters. The predicted octanol–water partition coefficient (Wildman–Crippen LogP) is 2.33. The first-order valence-electron chi connectivity index (χ1n) is 7.63. The van der Waals surface area contributed by atoms with Crippen molar-refractivity contribution in [2.24, 2.45) is 10.2 Å². The Kier molecular flexibility index (Phi) is 6.37. The summed E-state index contributed by atoms with van der Waals surface area (Å²) in [6.07, 6.45) is 8.95. The average Bonchev–Trinajstić information content (AvgIpc) is 3.22. The SMILES string of the molecule is C#CCCC1(CCC(=O)Nc2nnc(CCCC(=O)OC)s2)N=N1. The highest BCUT2D eigenvalue weighted by Gasteiger charge is 2.39. The van der Waals surface area contributed by atoms with Crippen LogP contribution in [0.15, 0.2) is 10.2 Å². The van der Waals surface area contributed by atoms with E-state index in [2.05, 4.69) is 36.4 Å². The molecule has 1 N–H and O–H groups in total. The van der Waals surface area contributed by atoms with Crippen LogP contribution in [0.5, 0.6) is 0 Å². The molecule has 0 fully saturated rings. The van der Waals surface area contributed by atoms with Crippen molar-refractivity contribution in [2.45, 2.75) is 50.6 Å². The van der Waals surface area contributed by atoms with E-state index in [9.17, 15) is 9.59 Å². The number of hydrogen-bond donors (Lipinski definition) is 1. The summed E-state index contributed by atoms with van der Waals surface area (Å²) >= 11 is 1.30. The van der Waals surface area contributed by atoms with Crippen LogP contribution in [-0.2, 0) is 20.7 Å². The Morgan fingerprint density at radius 2 is 2.08 bits per heavy atom. The highest BCUT2D eigenvalue weighted by Crippen LogP contribution is 2.37. The third-order valence-corrected chi connectivity index (χ3v) is 4.42. The first-order chi connectivity index (χ1) is 11.6. The van der Waals surface area contributed by atoms with Gasteiger partial charge in [0.05, 0.1) is 7.11 Å². The molecular formula is C15H19N5O3S. The summed E-state index contributed by atoms with van der Waals surface area (Å²) in [5.41, 5.74) is -0.454. The van der Waals surface area contributed by atoms with Crippen LogP contribution in [0.3, 0.4) is 0 Å².